The molecule has 3 atom stereocenters. The number of hydrogen-bond acceptors (Lipinski definition) is 6. The van der Waals surface area contributed by atoms with E-state index in [-0.39, 0.29) is 31.8 Å². The molecule has 0 bridgehead atoms. The van der Waals surface area contributed by atoms with E-state index in [4.69, 9.17) is 10.3 Å². The van der Waals surface area contributed by atoms with E-state index in [2.05, 4.69) is 25.7 Å². The molecule has 0 unspecified atom stereocenters. The first kappa shape index (κ1) is 29.9. The summed E-state index contributed by atoms with van der Waals surface area (Å²) in [5.74, 6) is -3.30. The Balaban J connectivity index is 2.28. The Morgan fingerprint density at radius 2 is 1.74 bits per heavy atom. The van der Waals surface area contributed by atoms with Gasteiger partial charge in [-0.2, -0.15) is 4.79 Å². The number of esters is 1. The van der Waals surface area contributed by atoms with Crippen molar-refractivity contribution < 1.29 is 33.5 Å². The van der Waals surface area contributed by atoms with Crippen molar-refractivity contribution in [2.24, 2.45) is 5.92 Å². The maximum Gasteiger partial charge on any atom is 0.328 e. The molecule has 0 aliphatic heterocycles. The minimum atomic E-state index is -1.23. The smallest absolute Gasteiger partial charge is 0.328 e. The van der Waals surface area contributed by atoms with Crippen molar-refractivity contribution in [3.63, 3.8) is 0 Å². The number of rotatable bonds is 14. The lowest BCUT2D eigenvalue weighted by Crippen LogP contribution is -2.57. The fraction of sp³-hybridized carbons (Fsp3) is 0.462. The molecule has 0 aliphatic carbocycles. The summed E-state index contributed by atoms with van der Waals surface area (Å²) in [5.41, 5.74) is 10.3. The summed E-state index contributed by atoms with van der Waals surface area (Å²) in [4.78, 5) is 68.5. The molecule has 0 fully saturated rings. The fourth-order valence-corrected chi connectivity index (χ4v) is 3.92. The quantitative estimate of drug-likeness (QED) is 0.123. The Morgan fingerprint density at radius 3 is 2.37 bits per heavy atom. The van der Waals surface area contributed by atoms with Gasteiger partial charge in [-0.15, -0.1) is 0 Å². The molecule has 12 heteroatoms. The number of nitrogens with one attached hydrogen (secondary N) is 4. The average molecular weight is 527 g/mol. The molecule has 2 rings (SSSR count). The molecule has 0 aliphatic rings. The third-order valence-electron chi connectivity index (χ3n) is 5.81. The summed E-state index contributed by atoms with van der Waals surface area (Å²) in [6.07, 6.45) is 2.22. The van der Waals surface area contributed by atoms with Crippen molar-refractivity contribution in [2.45, 2.75) is 65.1 Å². The number of benzene rings is 1. The summed E-state index contributed by atoms with van der Waals surface area (Å²) in [5, 5.41) is 8.70. The lowest BCUT2D eigenvalue weighted by Gasteiger charge is -2.26. The predicted octanol–water partition coefficient (Wildman–Crippen LogP) is 1.05. The molecule has 1 aromatic carbocycles. The molecule has 0 spiro atoms. The molecule has 4 N–H and O–H groups in total. The van der Waals surface area contributed by atoms with E-state index in [1.165, 1.54) is 6.92 Å². The Bertz CT molecular complexity index is 1220. The summed E-state index contributed by atoms with van der Waals surface area (Å²) in [6.45, 7) is 6.50. The van der Waals surface area contributed by atoms with Gasteiger partial charge in [0.05, 0.1) is 6.61 Å². The molecule has 12 nitrogen and oxygen atoms in total. The first-order chi connectivity index (χ1) is 18.1. The van der Waals surface area contributed by atoms with E-state index in [1.807, 2.05) is 24.3 Å². The molecule has 38 heavy (non-hydrogen) atoms. The van der Waals surface area contributed by atoms with Crippen molar-refractivity contribution >= 4 is 46.6 Å². The fourth-order valence-electron chi connectivity index (χ4n) is 3.92. The van der Waals surface area contributed by atoms with Crippen LogP contribution in [0.25, 0.3) is 16.4 Å². The summed E-state index contributed by atoms with van der Waals surface area (Å²) in [6, 6.07) is 4.26. The highest BCUT2D eigenvalue weighted by atomic mass is 16.5. The van der Waals surface area contributed by atoms with Gasteiger partial charge in [0, 0.05) is 36.9 Å². The van der Waals surface area contributed by atoms with Crippen LogP contribution in [0.3, 0.4) is 0 Å². The second-order valence-corrected chi connectivity index (χ2v) is 9.11. The van der Waals surface area contributed by atoms with Crippen LogP contribution >= 0.6 is 0 Å². The molecular weight excluding hydrogens is 492 g/mol. The minimum absolute atomic E-state index is 0.124. The number of Topliss-reactive ketones (excluding diaryl/α,β-unsaturated/α-hetero) is 1. The zero-order valence-electron chi connectivity index (χ0n) is 21.9. The van der Waals surface area contributed by atoms with Crippen LogP contribution in [0, 0.1) is 5.92 Å². The first-order valence-electron chi connectivity index (χ1n) is 12.4. The van der Waals surface area contributed by atoms with Crippen molar-refractivity contribution in [3.8, 4) is 0 Å². The number of carbonyl (C=O) groups excluding carboxylic acids is 5. The van der Waals surface area contributed by atoms with Gasteiger partial charge < -0.3 is 31.2 Å². The van der Waals surface area contributed by atoms with Gasteiger partial charge >= 0.3 is 12.2 Å². The van der Waals surface area contributed by atoms with E-state index in [1.54, 1.807) is 27.0 Å². The number of carbonyl (C=O) groups is 5. The predicted molar refractivity (Wildman–Crippen MR) is 139 cm³/mol. The molecule has 0 saturated carbocycles. The van der Waals surface area contributed by atoms with Crippen molar-refractivity contribution in [2.75, 3.05) is 6.61 Å². The minimum Gasteiger partial charge on any atom is -0.464 e. The maximum atomic E-state index is 13.3. The second-order valence-electron chi connectivity index (χ2n) is 9.11. The van der Waals surface area contributed by atoms with E-state index in [9.17, 15) is 24.0 Å². The van der Waals surface area contributed by atoms with Crippen LogP contribution in [0.5, 0.6) is 0 Å². The number of aromatic nitrogens is 1. The lowest BCUT2D eigenvalue weighted by atomic mass is 10.0. The standard InChI is InChI=1S/C26H34N6O6/c1-5-38-26(37)23(15(2)3)32-24(35)21(11-10-18(34)14-29-27)31-25(36)22(30-16(4)33)12-17-13-28-20-9-7-6-8-19(17)20/h6-9,13-15,21-23,28H,5,10-12H2,1-4H3,(H,30,33)(H,31,36)(H,32,35)/t21-,22-,23-/m0/s1. The topological polar surface area (TPSA) is 183 Å². The highest BCUT2D eigenvalue weighted by Crippen LogP contribution is 2.19. The SMILES string of the molecule is CCOC(=O)[C@@H](NC(=O)[C@H](CCC(=O)C=[N+]=[N-])NC(=O)[C@H](Cc1c[nH]c2ccccc12)NC(C)=O)C(C)C. The van der Waals surface area contributed by atoms with Crippen molar-refractivity contribution in [1.82, 2.24) is 20.9 Å². The van der Waals surface area contributed by atoms with Gasteiger partial charge in [0.15, 0.2) is 0 Å². The van der Waals surface area contributed by atoms with Gasteiger partial charge in [0.25, 0.3) is 0 Å². The lowest BCUT2D eigenvalue weighted by molar-refractivity contribution is -0.149. The molecule has 3 amide bonds. The van der Waals surface area contributed by atoms with Crippen LogP contribution in [-0.2, 0) is 35.1 Å². The van der Waals surface area contributed by atoms with Gasteiger partial charge in [-0.05, 0) is 30.9 Å². The molecule has 204 valence electrons. The van der Waals surface area contributed by atoms with Gasteiger partial charge in [0.1, 0.15) is 18.1 Å². The highest BCUT2D eigenvalue weighted by Gasteiger charge is 2.32. The van der Waals surface area contributed by atoms with Crippen LogP contribution < -0.4 is 16.0 Å². The molecule has 0 saturated heterocycles. The Labute approximate surface area is 220 Å². The zero-order valence-corrected chi connectivity index (χ0v) is 21.9. The highest BCUT2D eigenvalue weighted by molar-refractivity contribution is 6.25. The molecule has 0 radical (unpaired) electrons. The number of ketones is 1. The number of aromatic amines is 1. The van der Waals surface area contributed by atoms with Gasteiger partial charge in [-0.3, -0.25) is 19.2 Å². The first-order valence-corrected chi connectivity index (χ1v) is 12.4. The third-order valence-corrected chi connectivity index (χ3v) is 5.81. The second kappa shape index (κ2) is 14.4. The van der Waals surface area contributed by atoms with E-state index < -0.39 is 47.6 Å². The third kappa shape index (κ3) is 8.67. The normalized spacial score (nSPS) is 13.1. The number of para-hydroxylation sites is 1. The number of hydrogen-bond donors (Lipinski definition) is 4. The zero-order chi connectivity index (χ0) is 28.2. The van der Waals surface area contributed by atoms with Crippen LogP contribution in [0.4, 0.5) is 0 Å². The molecular formula is C26H34N6O6. The molecule has 1 aromatic heterocycles. The number of amides is 3. The number of ether oxygens (including phenoxy) is 1. The van der Waals surface area contributed by atoms with Crippen LogP contribution in [-0.4, -0.2) is 70.2 Å². The Kier molecular flexibility index (Phi) is 11.4. The van der Waals surface area contributed by atoms with Gasteiger partial charge in [0.2, 0.25) is 23.5 Å². The molecule has 2 aromatic rings. The number of fused-ring (bicyclic) bond motifs is 1. The Hall–Kier alpha value is -4.31. The van der Waals surface area contributed by atoms with E-state index in [0.717, 1.165) is 16.5 Å². The van der Waals surface area contributed by atoms with Crippen molar-refractivity contribution in [3.05, 3.63) is 41.6 Å². The van der Waals surface area contributed by atoms with E-state index in [0.29, 0.717) is 6.21 Å². The van der Waals surface area contributed by atoms with Crippen LogP contribution in [0.2, 0.25) is 0 Å². The number of H-pyrrole nitrogens is 1. The van der Waals surface area contributed by atoms with E-state index >= 15 is 0 Å². The Morgan fingerprint density at radius 1 is 1.05 bits per heavy atom. The van der Waals surface area contributed by atoms with Gasteiger partial charge in [-0.25, -0.2) is 4.79 Å². The number of nitrogens with zero attached hydrogens (tertiary/aromatic N) is 2. The average Bonchev–Trinajstić information content (AvgIpc) is 3.27. The van der Waals surface area contributed by atoms with Crippen molar-refractivity contribution in [1.29, 1.82) is 0 Å². The molecule has 1 heterocycles. The van der Waals surface area contributed by atoms with Crippen LogP contribution in [0.15, 0.2) is 30.5 Å². The maximum absolute atomic E-state index is 13.3. The largest absolute Gasteiger partial charge is 0.464 e. The monoisotopic (exact) mass is 526 g/mol. The summed E-state index contributed by atoms with van der Waals surface area (Å²) in [7, 11) is 0. The van der Waals surface area contributed by atoms with Gasteiger partial charge in [-0.1, -0.05) is 32.0 Å². The van der Waals surface area contributed by atoms with Crippen LogP contribution in [0.1, 0.15) is 46.1 Å². The summed E-state index contributed by atoms with van der Waals surface area (Å²) < 4.78 is 5.04. The summed E-state index contributed by atoms with van der Waals surface area (Å²) >= 11 is 0.